The maximum atomic E-state index is 12.9. The number of likely N-dealkylation sites (tertiary alicyclic amines) is 1. The summed E-state index contributed by atoms with van der Waals surface area (Å²) in [6.45, 7) is 7.93. The van der Waals surface area contributed by atoms with Crippen molar-refractivity contribution in [2.75, 3.05) is 40.3 Å². The molecule has 0 aromatic rings. The van der Waals surface area contributed by atoms with Crippen LogP contribution in [0.25, 0.3) is 0 Å². The molecule has 2 aliphatic heterocycles. The van der Waals surface area contributed by atoms with Gasteiger partial charge in [0.15, 0.2) is 5.79 Å². The van der Waals surface area contributed by atoms with Crippen LogP contribution in [0.15, 0.2) is 0 Å². The van der Waals surface area contributed by atoms with Gasteiger partial charge in [0, 0.05) is 32.4 Å². The van der Waals surface area contributed by atoms with E-state index in [0.29, 0.717) is 18.9 Å². The third kappa shape index (κ3) is 24.9. The Bertz CT molecular complexity index is 803. The SMILES string of the molecule is CCCCCCCCCCCCCCCCCCC1(CCCCCCCCCCCCCCCCCC)OCC2(CCN(C(=O)CCCN(C)C)CC2)O1. The Morgan fingerprint density at radius 1 is 0.500 bits per heavy atom. The lowest BCUT2D eigenvalue weighted by atomic mass is 9.91. The second kappa shape index (κ2) is 33.3. The normalized spacial score (nSPS) is 16.6. The van der Waals surface area contributed by atoms with Gasteiger partial charge in [0.1, 0.15) is 0 Å². The van der Waals surface area contributed by atoms with Crippen LogP contribution in [0, 0.1) is 0 Å². The maximum Gasteiger partial charge on any atom is 0.222 e. The van der Waals surface area contributed by atoms with Crippen molar-refractivity contribution in [2.45, 2.75) is 269 Å². The number of unbranched alkanes of at least 4 members (excludes halogenated alkanes) is 30. The van der Waals surface area contributed by atoms with Gasteiger partial charge in [-0.25, -0.2) is 0 Å². The third-order valence-corrected chi connectivity index (χ3v) is 12.8. The Morgan fingerprint density at radius 3 is 1.17 bits per heavy atom. The highest BCUT2D eigenvalue weighted by atomic mass is 16.8. The molecule has 1 spiro atoms. The van der Waals surface area contributed by atoms with E-state index in [4.69, 9.17) is 9.47 Å². The standard InChI is InChI=1S/C49H96N2O3/c1-5-7-9-11-13-15-17-19-21-23-25-27-29-31-33-35-39-49(40-36-34-32-30-28-26-24-22-20-18-16-14-12-10-8-6-2)53-46-48(54-49)41-44-51(45-42-48)47(52)38-37-43-50(3)4/h5-46H2,1-4H3. The number of rotatable bonds is 38. The van der Waals surface area contributed by atoms with Gasteiger partial charge in [0.2, 0.25) is 5.91 Å². The lowest BCUT2D eigenvalue weighted by Crippen LogP contribution is -2.49. The number of hydrogen-bond acceptors (Lipinski definition) is 4. The molecule has 5 heteroatoms. The molecule has 0 atom stereocenters. The van der Waals surface area contributed by atoms with E-state index >= 15 is 0 Å². The first-order chi connectivity index (χ1) is 26.4. The van der Waals surface area contributed by atoms with Crippen LogP contribution in [0.1, 0.15) is 258 Å². The van der Waals surface area contributed by atoms with Crippen LogP contribution < -0.4 is 0 Å². The molecule has 2 heterocycles. The van der Waals surface area contributed by atoms with Crippen molar-refractivity contribution in [1.82, 2.24) is 9.80 Å². The second-order valence-corrected chi connectivity index (χ2v) is 18.4. The first-order valence-corrected chi connectivity index (χ1v) is 24.7. The number of hydrogen-bond donors (Lipinski definition) is 0. The van der Waals surface area contributed by atoms with Gasteiger partial charge in [-0.15, -0.1) is 0 Å². The van der Waals surface area contributed by atoms with Crippen LogP contribution in [0.5, 0.6) is 0 Å². The van der Waals surface area contributed by atoms with Crippen LogP contribution in [-0.2, 0) is 14.3 Å². The fourth-order valence-electron chi connectivity index (χ4n) is 9.09. The molecule has 320 valence electrons. The lowest BCUT2D eigenvalue weighted by molar-refractivity contribution is -0.204. The monoisotopic (exact) mass is 761 g/mol. The minimum Gasteiger partial charge on any atom is -0.347 e. The molecule has 2 aliphatic rings. The van der Waals surface area contributed by atoms with Gasteiger partial charge in [-0.3, -0.25) is 4.79 Å². The van der Waals surface area contributed by atoms with E-state index in [-0.39, 0.29) is 5.60 Å². The van der Waals surface area contributed by atoms with Gasteiger partial charge in [-0.1, -0.05) is 206 Å². The van der Waals surface area contributed by atoms with Crippen molar-refractivity contribution in [1.29, 1.82) is 0 Å². The van der Waals surface area contributed by atoms with Crippen molar-refractivity contribution in [3.05, 3.63) is 0 Å². The molecule has 0 N–H and O–H groups in total. The molecule has 54 heavy (non-hydrogen) atoms. The van der Waals surface area contributed by atoms with Gasteiger partial charge in [-0.05, 0) is 52.7 Å². The topological polar surface area (TPSA) is 42.0 Å². The summed E-state index contributed by atoms with van der Waals surface area (Å²) < 4.78 is 13.8. The molecule has 0 aliphatic carbocycles. The molecule has 2 rings (SSSR count). The van der Waals surface area contributed by atoms with E-state index in [1.807, 2.05) is 0 Å². The van der Waals surface area contributed by atoms with Gasteiger partial charge < -0.3 is 19.3 Å². The smallest absolute Gasteiger partial charge is 0.222 e. The van der Waals surface area contributed by atoms with Crippen molar-refractivity contribution in [2.24, 2.45) is 0 Å². The highest BCUT2D eigenvalue weighted by Crippen LogP contribution is 2.44. The Morgan fingerprint density at radius 2 is 0.833 bits per heavy atom. The summed E-state index contributed by atoms with van der Waals surface area (Å²) in [5.41, 5.74) is -0.190. The molecule has 2 saturated heterocycles. The van der Waals surface area contributed by atoms with E-state index in [1.54, 1.807) is 0 Å². The number of nitrogens with zero attached hydrogens (tertiary/aromatic N) is 2. The van der Waals surface area contributed by atoms with Crippen LogP contribution >= 0.6 is 0 Å². The van der Waals surface area contributed by atoms with E-state index < -0.39 is 5.79 Å². The van der Waals surface area contributed by atoms with Crippen molar-refractivity contribution >= 4 is 5.91 Å². The molecular formula is C49H96N2O3. The average Bonchev–Trinajstić information content (AvgIpc) is 3.51. The maximum absolute atomic E-state index is 12.9. The highest BCUT2D eigenvalue weighted by Gasteiger charge is 2.51. The zero-order valence-electron chi connectivity index (χ0n) is 37.3. The summed E-state index contributed by atoms with van der Waals surface area (Å²) in [5.74, 6) is -0.0811. The zero-order chi connectivity index (χ0) is 38.8. The van der Waals surface area contributed by atoms with Crippen LogP contribution in [0.4, 0.5) is 0 Å². The molecule has 0 radical (unpaired) electrons. The number of ether oxygens (including phenoxy) is 2. The number of piperidine rings is 1. The molecule has 0 saturated carbocycles. The van der Waals surface area contributed by atoms with Gasteiger partial charge in [0.25, 0.3) is 0 Å². The molecule has 5 nitrogen and oxygen atoms in total. The Kier molecular flexibility index (Phi) is 30.6. The van der Waals surface area contributed by atoms with E-state index in [2.05, 4.69) is 37.7 Å². The quantitative estimate of drug-likeness (QED) is 0.0588. The molecule has 1 amide bonds. The molecule has 0 aromatic heterocycles. The molecular weight excluding hydrogens is 665 g/mol. The summed E-state index contributed by atoms with van der Waals surface area (Å²) in [5, 5.41) is 0. The van der Waals surface area contributed by atoms with Gasteiger partial charge in [0.05, 0.1) is 12.2 Å². The predicted octanol–water partition coefficient (Wildman–Crippen LogP) is 14.7. The number of amides is 1. The minimum absolute atomic E-state index is 0.190. The number of carbonyl (C=O) groups is 1. The van der Waals surface area contributed by atoms with Crippen molar-refractivity contribution in [3.63, 3.8) is 0 Å². The first-order valence-electron chi connectivity index (χ1n) is 24.7. The van der Waals surface area contributed by atoms with Gasteiger partial charge >= 0.3 is 0 Å². The van der Waals surface area contributed by atoms with Crippen LogP contribution in [0.3, 0.4) is 0 Å². The number of carbonyl (C=O) groups excluding carboxylic acids is 1. The molecule has 0 unspecified atom stereocenters. The Balaban J connectivity index is 1.63. The molecule has 0 bridgehead atoms. The summed E-state index contributed by atoms with van der Waals surface area (Å²) in [7, 11) is 4.16. The lowest BCUT2D eigenvalue weighted by Gasteiger charge is -2.39. The summed E-state index contributed by atoms with van der Waals surface area (Å²) in [6.07, 6.45) is 50.3. The van der Waals surface area contributed by atoms with E-state index in [1.165, 1.54) is 205 Å². The largest absolute Gasteiger partial charge is 0.347 e. The Labute approximate surface area is 338 Å². The summed E-state index contributed by atoms with van der Waals surface area (Å²) >= 11 is 0. The third-order valence-electron chi connectivity index (χ3n) is 12.8. The van der Waals surface area contributed by atoms with Crippen molar-refractivity contribution < 1.29 is 14.3 Å². The Hall–Kier alpha value is -0.650. The second-order valence-electron chi connectivity index (χ2n) is 18.4. The first kappa shape index (κ1) is 49.5. The fraction of sp³-hybridized carbons (Fsp3) is 0.980. The highest BCUT2D eigenvalue weighted by molar-refractivity contribution is 5.76. The van der Waals surface area contributed by atoms with Crippen LogP contribution in [0.2, 0.25) is 0 Å². The van der Waals surface area contributed by atoms with E-state index in [0.717, 1.165) is 51.7 Å². The zero-order valence-corrected chi connectivity index (χ0v) is 37.3. The summed E-state index contributed by atoms with van der Waals surface area (Å²) in [4.78, 5) is 17.2. The molecule has 0 aromatic carbocycles. The minimum atomic E-state index is -0.399. The predicted molar refractivity (Wildman–Crippen MR) is 234 cm³/mol. The average molecular weight is 761 g/mol. The van der Waals surface area contributed by atoms with Gasteiger partial charge in [-0.2, -0.15) is 0 Å². The van der Waals surface area contributed by atoms with Crippen LogP contribution in [-0.4, -0.2) is 67.4 Å². The molecule has 2 fully saturated rings. The fourth-order valence-corrected chi connectivity index (χ4v) is 9.09. The van der Waals surface area contributed by atoms with E-state index in [9.17, 15) is 4.79 Å². The van der Waals surface area contributed by atoms with Crippen molar-refractivity contribution in [3.8, 4) is 0 Å². The summed E-state index contributed by atoms with van der Waals surface area (Å²) in [6, 6.07) is 0.